The number of amides is 1. The standard InChI is InChI=1S/C22H28N2O4.C6H12/c1-16(25)12-22(27)24-11-10-23(18-8-9-21(28-2)20(26)14-18)15-19(24)13-17-6-4-3-5-7-17;1-6-4-2-3-5-6/h3-9,14,16,19,25-26H,10-13,15H2,1-2H3;6H,2-5H2,1H3/t16-,19+;/m1./s1. The number of nitrogens with zero attached hydrogens (tertiary/aromatic N) is 2. The number of aliphatic hydroxyl groups excluding tert-OH is 1. The third kappa shape index (κ3) is 7.39. The van der Waals surface area contributed by atoms with Gasteiger partial charge in [-0.1, -0.05) is 62.9 Å². The van der Waals surface area contributed by atoms with Crippen LogP contribution in [0.5, 0.6) is 11.5 Å². The van der Waals surface area contributed by atoms with Gasteiger partial charge in [0, 0.05) is 31.4 Å². The number of piperazine rings is 1. The van der Waals surface area contributed by atoms with Gasteiger partial charge in [0.15, 0.2) is 11.5 Å². The largest absolute Gasteiger partial charge is 0.504 e. The highest BCUT2D eigenvalue weighted by molar-refractivity contribution is 5.77. The van der Waals surface area contributed by atoms with E-state index in [1.165, 1.54) is 38.4 Å². The number of aliphatic hydroxyl groups is 1. The molecule has 6 heteroatoms. The van der Waals surface area contributed by atoms with Gasteiger partial charge in [-0.05, 0) is 37.0 Å². The molecule has 1 amide bonds. The molecule has 0 unspecified atom stereocenters. The number of aromatic hydroxyl groups is 1. The SMILES string of the molecule is CC1CCCC1.COc1ccc(N2CCN(C(=O)C[C@@H](C)O)[C@@H](Cc3ccccc3)C2)cc1O. The van der Waals surface area contributed by atoms with Crippen molar-refractivity contribution >= 4 is 11.6 Å². The zero-order valence-electron chi connectivity index (χ0n) is 20.8. The summed E-state index contributed by atoms with van der Waals surface area (Å²) in [5.74, 6) is 1.57. The number of rotatable bonds is 6. The highest BCUT2D eigenvalue weighted by Gasteiger charge is 2.31. The Bertz CT molecular complexity index is 897. The predicted octanol–water partition coefficient (Wildman–Crippen LogP) is 4.63. The van der Waals surface area contributed by atoms with Crippen LogP contribution in [-0.2, 0) is 11.2 Å². The summed E-state index contributed by atoms with van der Waals surface area (Å²) in [6.45, 7) is 5.89. The van der Waals surface area contributed by atoms with Crippen LogP contribution in [0.1, 0.15) is 51.5 Å². The fraction of sp³-hybridized carbons (Fsp3) is 0.536. The molecule has 2 fully saturated rings. The summed E-state index contributed by atoms with van der Waals surface area (Å²) < 4.78 is 5.13. The van der Waals surface area contributed by atoms with Gasteiger partial charge in [-0.15, -0.1) is 0 Å². The van der Waals surface area contributed by atoms with Gasteiger partial charge < -0.3 is 24.7 Å². The lowest BCUT2D eigenvalue weighted by molar-refractivity contribution is -0.135. The Morgan fingerprint density at radius 3 is 2.38 bits per heavy atom. The number of phenols is 1. The number of carbonyl (C=O) groups is 1. The van der Waals surface area contributed by atoms with Gasteiger partial charge >= 0.3 is 0 Å². The maximum atomic E-state index is 12.7. The molecule has 2 aliphatic rings. The van der Waals surface area contributed by atoms with Crippen LogP contribution in [0.25, 0.3) is 0 Å². The minimum atomic E-state index is -0.651. The zero-order chi connectivity index (χ0) is 24.5. The van der Waals surface area contributed by atoms with Crippen molar-refractivity contribution in [1.82, 2.24) is 4.90 Å². The first-order valence-electron chi connectivity index (χ1n) is 12.5. The highest BCUT2D eigenvalue weighted by Crippen LogP contribution is 2.32. The molecule has 2 atom stereocenters. The van der Waals surface area contributed by atoms with E-state index < -0.39 is 6.10 Å². The molecule has 0 bridgehead atoms. The number of hydrogen-bond donors (Lipinski definition) is 2. The van der Waals surface area contributed by atoms with E-state index in [2.05, 4.69) is 24.0 Å². The van der Waals surface area contributed by atoms with Crippen molar-refractivity contribution in [3.63, 3.8) is 0 Å². The van der Waals surface area contributed by atoms with Crippen LogP contribution in [0.2, 0.25) is 0 Å². The fourth-order valence-corrected chi connectivity index (χ4v) is 4.85. The number of ether oxygens (including phenoxy) is 1. The van der Waals surface area contributed by atoms with Crippen LogP contribution < -0.4 is 9.64 Å². The van der Waals surface area contributed by atoms with E-state index in [1.54, 1.807) is 19.1 Å². The van der Waals surface area contributed by atoms with Gasteiger partial charge in [-0.3, -0.25) is 4.79 Å². The van der Waals surface area contributed by atoms with Crippen molar-refractivity contribution in [2.24, 2.45) is 5.92 Å². The molecule has 1 aliphatic carbocycles. The first kappa shape index (κ1) is 25.9. The van der Waals surface area contributed by atoms with Gasteiger partial charge in [0.05, 0.1) is 25.7 Å². The lowest BCUT2D eigenvalue weighted by Gasteiger charge is -2.43. The molecule has 4 rings (SSSR count). The number of methoxy groups -OCH3 is 1. The number of carbonyl (C=O) groups excluding carboxylic acids is 1. The molecule has 0 aromatic heterocycles. The number of phenolic OH excluding ortho intramolecular Hbond substituents is 1. The van der Waals surface area contributed by atoms with E-state index in [4.69, 9.17) is 4.74 Å². The second-order valence-corrected chi connectivity index (χ2v) is 9.68. The van der Waals surface area contributed by atoms with Crippen molar-refractivity contribution < 1.29 is 19.7 Å². The van der Waals surface area contributed by atoms with Gasteiger partial charge in [0.1, 0.15) is 0 Å². The molecule has 6 nitrogen and oxygen atoms in total. The Labute approximate surface area is 204 Å². The van der Waals surface area contributed by atoms with E-state index >= 15 is 0 Å². The average Bonchev–Trinajstić information content (AvgIpc) is 3.30. The molecule has 2 N–H and O–H groups in total. The van der Waals surface area contributed by atoms with Crippen molar-refractivity contribution in [2.45, 2.75) is 64.5 Å². The summed E-state index contributed by atoms with van der Waals surface area (Å²) in [4.78, 5) is 16.7. The molecule has 186 valence electrons. The lowest BCUT2D eigenvalue weighted by Crippen LogP contribution is -2.56. The molecular weight excluding hydrogens is 428 g/mol. The summed E-state index contributed by atoms with van der Waals surface area (Å²) >= 11 is 0. The first-order chi connectivity index (χ1) is 16.4. The van der Waals surface area contributed by atoms with Crippen molar-refractivity contribution in [3.8, 4) is 11.5 Å². The molecule has 34 heavy (non-hydrogen) atoms. The third-order valence-corrected chi connectivity index (χ3v) is 6.76. The summed E-state index contributed by atoms with van der Waals surface area (Å²) in [6, 6.07) is 15.5. The van der Waals surface area contributed by atoms with Crippen molar-refractivity contribution in [1.29, 1.82) is 0 Å². The monoisotopic (exact) mass is 468 g/mol. The molecule has 1 saturated carbocycles. The van der Waals surface area contributed by atoms with E-state index in [-0.39, 0.29) is 24.1 Å². The van der Waals surface area contributed by atoms with Crippen LogP contribution in [0, 0.1) is 5.92 Å². The van der Waals surface area contributed by atoms with E-state index in [0.717, 1.165) is 18.0 Å². The van der Waals surface area contributed by atoms with E-state index in [9.17, 15) is 15.0 Å². The summed E-state index contributed by atoms with van der Waals surface area (Å²) in [6.07, 6.45) is 6.17. The lowest BCUT2D eigenvalue weighted by atomic mass is 10.0. The second-order valence-electron chi connectivity index (χ2n) is 9.68. The van der Waals surface area contributed by atoms with E-state index in [1.807, 2.05) is 29.2 Å². The minimum Gasteiger partial charge on any atom is -0.504 e. The molecule has 2 aromatic rings. The predicted molar refractivity (Wildman–Crippen MR) is 136 cm³/mol. The first-order valence-corrected chi connectivity index (χ1v) is 12.5. The summed E-state index contributed by atoms with van der Waals surface area (Å²) in [5.41, 5.74) is 2.07. The molecule has 2 aromatic carbocycles. The van der Waals surface area contributed by atoms with Gasteiger partial charge in [0.25, 0.3) is 0 Å². The topological polar surface area (TPSA) is 73.2 Å². The third-order valence-electron chi connectivity index (χ3n) is 6.76. The van der Waals surface area contributed by atoms with Crippen LogP contribution in [0.3, 0.4) is 0 Å². The summed E-state index contributed by atoms with van der Waals surface area (Å²) in [5, 5.41) is 19.8. The number of hydrogen-bond acceptors (Lipinski definition) is 5. The molecule has 1 saturated heterocycles. The second kappa shape index (κ2) is 12.7. The Kier molecular flexibility index (Phi) is 9.63. The zero-order valence-corrected chi connectivity index (χ0v) is 20.8. The van der Waals surface area contributed by atoms with Crippen LogP contribution in [0.15, 0.2) is 48.5 Å². The minimum absolute atomic E-state index is 0.00774. The van der Waals surface area contributed by atoms with Crippen LogP contribution in [-0.4, -0.2) is 59.9 Å². The molecule has 1 aliphatic heterocycles. The fourth-order valence-electron chi connectivity index (χ4n) is 4.85. The van der Waals surface area contributed by atoms with Crippen molar-refractivity contribution in [3.05, 3.63) is 54.1 Å². The summed E-state index contributed by atoms with van der Waals surface area (Å²) in [7, 11) is 1.52. The Morgan fingerprint density at radius 1 is 1.12 bits per heavy atom. The van der Waals surface area contributed by atoms with Crippen LogP contribution in [0.4, 0.5) is 5.69 Å². The molecule has 0 spiro atoms. The average molecular weight is 469 g/mol. The normalized spacial score (nSPS) is 19.4. The van der Waals surface area contributed by atoms with E-state index in [0.29, 0.717) is 25.4 Å². The smallest absolute Gasteiger partial charge is 0.225 e. The maximum absolute atomic E-state index is 12.7. The molecule has 0 radical (unpaired) electrons. The quantitative estimate of drug-likeness (QED) is 0.647. The number of benzene rings is 2. The molecular formula is C28H40N2O4. The van der Waals surface area contributed by atoms with Gasteiger partial charge in [-0.25, -0.2) is 0 Å². The van der Waals surface area contributed by atoms with Crippen molar-refractivity contribution in [2.75, 3.05) is 31.6 Å². The van der Waals surface area contributed by atoms with Gasteiger partial charge in [0.2, 0.25) is 5.91 Å². The Hall–Kier alpha value is -2.73. The van der Waals surface area contributed by atoms with Crippen LogP contribution >= 0.6 is 0 Å². The highest BCUT2D eigenvalue weighted by atomic mass is 16.5. The maximum Gasteiger partial charge on any atom is 0.225 e. The molecule has 1 heterocycles. The number of anilines is 1. The Balaban J connectivity index is 0.000000469. The van der Waals surface area contributed by atoms with Gasteiger partial charge in [-0.2, -0.15) is 0 Å². The Morgan fingerprint density at radius 2 is 1.82 bits per heavy atom.